The number of hydrogen-bond acceptors (Lipinski definition) is 16. The molecule has 1 saturated heterocycles. The van der Waals surface area contributed by atoms with Gasteiger partial charge in [-0.1, -0.05) is 6.07 Å². The number of anilines is 1. The highest BCUT2D eigenvalue weighted by molar-refractivity contribution is 6.53. The molecule has 7 rings (SSSR count). The smallest absolute Gasteiger partial charge is 0.259 e. The van der Waals surface area contributed by atoms with Crippen molar-refractivity contribution in [2.24, 2.45) is 10.9 Å². The number of aliphatic hydroxyl groups is 4. The standard InChI is InChI=1S/C38H37N3O14/c1-14-8-16-9-23(44)38(54-4)34(50)26-19(33(49)37(38,52)27(16)31(48)24(14)35(51)40-17-6-5-7-39-12-17)10-18-25(30(26)47)22(43)11-21(28(18)45)41-36-20(13-42)29(46)32(53-3)15(2)55-36/h5-8,10,12,15,20,23,29,32,36,42,44,46-48,52H,9,11,13H2,1-4H3,(H,40,51)/t15-,20?,23+,29-,32-,36?,37-,38+/m0/s1. The van der Waals surface area contributed by atoms with Crippen LogP contribution in [0.5, 0.6) is 11.5 Å². The minimum absolute atomic E-state index is 0.0129. The third kappa shape index (κ3) is 5.22. The number of carbonyl (C=O) groups is 5. The summed E-state index contributed by atoms with van der Waals surface area (Å²) in [7, 11) is 2.26. The van der Waals surface area contributed by atoms with Crippen molar-refractivity contribution in [3.05, 3.63) is 81.2 Å². The molecule has 4 aliphatic rings. The predicted octanol–water partition coefficient (Wildman–Crippen LogP) is 0.562. The minimum atomic E-state index is -3.27. The predicted molar refractivity (Wildman–Crippen MR) is 188 cm³/mol. The van der Waals surface area contributed by atoms with Crippen LogP contribution < -0.4 is 5.32 Å². The topological polar surface area (TPSA) is 272 Å². The van der Waals surface area contributed by atoms with Crippen molar-refractivity contribution in [1.29, 1.82) is 0 Å². The summed E-state index contributed by atoms with van der Waals surface area (Å²) >= 11 is 0. The van der Waals surface area contributed by atoms with E-state index in [-0.39, 0.29) is 22.4 Å². The van der Waals surface area contributed by atoms with Gasteiger partial charge in [0.25, 0.3) is 5.91 Å². The highest BCUT2D eigenvalue weighted by Gasteiger charge is 2.72. The summed E-state index contributed by atoms with van der Waals surface area (Å²) in [5.74, 6) is -8.56. The highest BCUT2D eigenvalue weighted by atomic mass is 16.6. The van der Waals surface area contributed by atoms with Crippen LogP contribution in [0.3, 0.4) is 0 Å². The van der Waals surface area contributed by atoms with Gasteiger partial charge < -0.3 is 50.2 Å². The molecular weight excluding hydrogens is 722 g/mol. The largest absolute Gasteiger partial charge is 0.507 e. The van der Waals surface area contributed by atoms with E-state index in [1.54, 1.807) is 13.0 Å². The molecule has 288 valence electrons. The Kier molecular flexibility index (Phi) is 9.32. The number of benzene rings is 2. The molecule has 0 bridgehead atoms. The third-order valence-electron chi connectivity index (χ3n) is 11.1. The lowest BCUT2D eigenvalue weighted by Gasteiger charge is -2.53. The van der Waals surface area contributed by atoms with E-state index in [1.807, 2.05) is 0 Å². The number of carbonyl (C=O) groups excluding carboxylic acids is 5. The molecule has 0 radical (unpaired) electrons. The number of nitrogens with one attached hydrogen (secondary N) is 1. The highest BCUT2D eigenvalue weighted by Crippen LogP contribution is 2.56. The van der Waals surface area contributed by atoms with Crippen LogP contribution >= 0.6 is 0 Å². The van der Waals surface area contributed by atoms with Crippen LogP contribution in [0.2, 0.25) is 0 Å². The Bertz CT molecular complexity index is 2220. The van der Waals surface area contributed by atoms with Crippen LogP contribution in [0.15, 0.2) is 41.7 Å². The van der Waals surface area contributed by atoms with Crippen LogP contribution in [0.4, 0.5) is 5.69 Å². The monoisotopic (exact) mass is 759 g/mol. The Balaban J connectivity index is 1.38. The number of amides is 1. The number of ketones is 4. The van der Waals surface area contributed by atoms with Crippen molar-refractivity contribution >= 4 is 40.4 Å². The van der Waals surface area contributed by atoms with Crippen LogP contribution in [0.1, 0.15) is 81.8 Å². The van der Waals surface area contributed by atoms with Gasteiger partial charge in [0, 0.05) is 43.5 Å². The fourth-order valence-electron chi connectivity index (χ4n) is 8.50. The fourth-order valence-corrected chi connectivity index (χ4v) is 8.50. The molecule has 0 spiro atoms. The van der Waals surface area contributed by atoms with Gasteiger partial charge in [0.15, 0.2) is 23.2 Å². The number of Topliss-reactive ketones (excluding diaryl/α,β-unsaturated/α-hetero) is 4. The second-order valence-corrected chi connectivity index (χ2v) is 14.0. The van der Waals surface area contributed by atoms with E-state index in [9.17, 15) is 54.6 Å². The molecule has 17 heteroatoms. The van der Waals surface area contributed by atoms with Crippen LogP contribution in [-0.2, 0) is 26.2 Å². The number of aliphatic imine (C=N–C) groups is 1. The number of fused-ring (bicyclic) bond motifs is 5. The summed E-state index contributed by atoms with van der Waals surface area (Å²) in [5.41, 5.74) is -9.98. The molecule has 2 unspecified atom stereocenters. The molecule has 1 aromatic heterocycles. The van der Waals surface area contributed by atoms with Crippen molar-refractivity contribution in [2.75, 3.05) is 26.1 Å². The number of ether oxygens (including phenoxy) is 3. The van der Waals surface area contributed by atoms with E-state index >= 15 is 0 Å². The summed E-state index contributed by atoms with van der Waals surface area (Å²) in [4.78, 5) is 78.8. The quantitative estimate of drug-likeness (QED) is 0.181. The molecule has 1 amide bonds. The molecular formula is C38H37N3O14. The number of aromatic nitrogens is 1. The van der Waals surface area contributed by atoms with E-state index < -0.39 is 141 Å². The van der Waals surface area contributed by atoms with Crippen molar-refractivity contribution in [3.8, 4) is 11.5 Å². The number of methoxy groups -OCH3 is 2. The lowest BCUT2D eigenvalue weighted by molar-refractivity contribution is -0.206. The average Bonchev–Trinajstić information content (AvgIpc) is 3.13. The fraction of sp³-hybridized carbons (Fsp3) is 0.395. The van der Waals surface area contributed by atoms with Gasteiger partial charge in [0.1, 0.15) is 17.6 Å². The zero-order valence-corrected chi connectivity index (χ0v) is 29.9. The van der Waals surface area contributed by atoms with Gasteiger partial charge >= 0.3 is 0 Å². The van der Waals surface area contributed by atoms with E-state index in [2.05, 4.69) is 15.3 Å². The van der Waals surface area contributed by atoms with Crippen molar-refractivity contribution in [1.82, 2.24) is 4.98 Å². The Morgan fingerprint density at radius 1 is 1.07 bits per heavy atom. The van der Waals surface area contributed by atoms with E-state index in [0.29, 0.717) is 0 Å². The SMILES string of the molecule is CO[C@H]1[C@H](C)OC(N=C2CC(=O)c3c(cc4c(c3O)C(=O)[C@]3(OC)[C@H](O)Cc5cc(C)c(C(=O)Nc6cccnc6)c(O)c5[C@]3(O)C4=O)C2=O)C(CO)[C@@H]1O. The van der Waals surface area contributed by atoms with Gasteiger partial charge in [-0.05, 0) is 43.2 Å². The number of rotatable bonds is 6. The molecule has 55 heavy (non-hydrogen) atoms. The number of aryl methyl sites for hydroxylation is 1. The van der Waals surface area contributed by atoms with Crippen molar-refractivity contribution < 1.29 is 68.8 Å². The number of phenols is 2. The lowest BCUT2D eigenvalue weighted by atomic mass is 9.56. The summed E-state index contributed by atoms with van der Waals surface area (Å²) in [6.45, 7) is 2.42. The second-order valence-electron chi connectivity index (χ2n) is 14.0. The Labute approximate surface area is 312 Å². The lowest BCUT2D eigenvalue weighted by Crippen LogP contribution is -2.73. The summed E-state index contributed by atoms with van der Waals surface area (Å²) in [5, 5.41) is 71.0. The number of phenolic OH excluding ortho intramolecular Hbond substituents is 2. The molecule has 2 heterocycles. The van der Waals surface area contributed by atoms with Gasteiger partial charge in [0.2, 0.25) is 17.3 Å². The number of hydrogen-bond donors (Lipinski definition) is 7. The molecule has 2 aromatic carbocycles. The maximum atomic E-state index is 14.8. The average molecular weight is 760 g/mol. The molecule has 1 fully saturated rings. The van der Waals surface area contributed by atoms with E-state index in [4.69, 9.17) is 14.2 Å². The Morgan fingerprint density at radius 3 is 2.44 bits per heavy atom. The number of pyridine rings is 1. The second kappa shape index (κ2) is 13.5. The summed E-state index contributed by atoms with van der Waals surface area (Å²) in [6.07, 6.45) is -4.53. The first-order chi connectivity index (χ1) is 26.1. The normalized spacial score (nSPS) is 30.7. The zero-order valence-electron chi connectivity index (χ0n) is 29.9. The van der Waals surface area contributed by atoms with Crippen LogP contribution in [-0.4, -0.2) is 127 Å². The van der Waals surface area contributed by atoms with E-state index in [0.717, 1.165) is 13.2 Å². The molecule has 1 aliphatic heterocycles. The molecule has 3 aromatic rings. The Morgan fingerprint density at radius 2 is 1.80 bits per heavy atom. The van der Waals surface area contributed by atoms with Gasteiger partial charge in [-0.2, -0.15) is 0 Å². The first-order valence-corrected chi connectivity index (χ1v) is 17.2. The third-order valence-corrected chi connectivity index (χ3v) is 11.1. The van der Waals surface area contributed by atoms with Crippen LogP contribution in [0.25, 0.3) is 0 Å². The van der Waals surface area contributed by atoms with E-state index in [1.165, 1.54) is 38.6 Å². The molecule has 0 saturated carbocycles. The zero-order chi connectivity index (χ0) is 39.9. The number of nitrogens with zero attached hydrogens (tertiary/aromatic N) is 2. The first-order valence-electron chi connectivity index (χ1n) is 17.2. The van der Waals surface area contributed by atoms with Gasteiger partial charge in [-0.15, -0.1) is 0 Å². The number of aliphatic hydroxyl groups excluding tert-OH is 3. The van der Waals surface area contributed by atoms with Gasteiger partial charge in [-0.3, -0.25) is 33.9 Å². The molecule has 17 nitrogen and oxygen atoms in total. The summed E-state index contributed by atoms with van der Waals surface area (Å²) in [6, 6.07) is 5.27. The number of aromatic hydroxyl groups is 2. The maximum Gasteiger partial charge on any atom is 0.259 e. The molecule has 3 aliphatic carbocycles. The van der Waals surface area contributed by atoms with Gasteiger partial charge in [0.05, 0.1) is 71.5 Å². The maximum absolute atomic E-state index is 14.8. The summed E-state index contributed by atoms with van der Waals surface area (Å²) < 4.78 is 16.6. The molecule has 8 atom stereocenters. The van der Waals surface area contributed by atoms with Crippen LogP contribution in [0, 0.1) is 12.8 Å². The molecule has 7 N–H and O–H groups in total. The van der Waals surface area contributed by atoms with Crippen molar-refractivity contribution in [2.45, 2.75) is 68.5 Å². The Hall–Kier alpha value is -5.27. The van der Waals surface area contributed by atoms with Gasteiger partial charge in [-0.25, -0.2) is 0 Å². The first kappa shape index (κ1) is 38.0. The van der Waals surface area contributed by atoms with Crippen molar-refractivity contribution in [3.63, 3.8) is 0 Å². The minimum Gasteiger partial charge on any atom is -0.507 e.